The number of benzene rings is 2. The zero-order valence-corrected chi connectivity index (χ0v) is 28.4. The van der Waals surface area contributed by atoms with Gasteiger partial charge < -0.3 is 11.1 Å². The Hall–Kier alpha value is -3.41. The third kappa shape index (κ3) is 7.52. The van der Waals surface area contributed by atoms with Crippen LogP contribution in [0, 0.1) is 12.8 Å². The van der Waals surface area contributed by atoms with E-state index in [1.165, 1.54) is 0 Å². The highest BCUT2D eigenvalue weighted by Crippen LogP contribution is 2.45. The number of allylic oxidation sites excluding steroid dienone is 2. The molecule has 3 unspecified atom stereocenters. The van der Waals surface area contributed by atoms with E-state index in [0.29, 0.717) is 38.2 Å². The number of aryl methyl sites for hydroxylation is 1. The van der Waals surface area contributed by atoms with Crippen molar-refractivity contribution in [2.75, 3.05) is 12.0 Å². The Balaban J connectivity index is 1.63. The van der Waals surface area contributed by atoms with Crippen molar-refractivity contribution in [3.05, 3.63) is 91.6 Å². The van der Waals surface area contributed by atoms with E-state index in [2.05, 4.69) is 15.7 Å². The van der Waals surface area contributed by atoms with Gasteiger partial charge in [0.15, 0.2) is 6.04 Å². The highest BCUT2D eigenvalue weighted by molar-refractivity contribution is 14.1. The number of alkyl halides is 6. The van der Waals surface area contributed by atoms with E-state index >= 15 is 0 Å². The molecule has 1 heterocycles. The van der Waals surface area contributed by atoms with Crippen molar-refractivity contribution in [3.8, 4) is 0 Å². The van der Waals surface area contributed by atoms with Gasteiger partial charge in [-0.1, -0.05) is 41.7 Å². The van der Waals surface area contributed by atoms with Crippen molar-refractivity contribution in [3.63, 3.8) is 0 Å². The number of amides is 3. The minimum atomic E-state index is -5.10. The van der Waals surface area contributed by atoms with Gasteiger partial charge in [0, 0.05) is 14.9 Å². The maximum Gasteiger partial charge on any atom is 0.416 e. The van der Waals surface area contributed by atoms with Crippen LogP contribution in [-0.2, 0) is 38.7 Å². The van der Waals surface area contributed by atoms with E-state index in [4.69, 9.17) is 5.73 Å². The van der Waals surface area contributed by atoms with Gasteiger partial charge in [0.25, 0.3) is 5.91 Å². The Morgan fingerprint density at radius 2 is 1.68 bits per heavy atom. The molecule has 3 amide bonds. The minimum absolute atomic E-state index is 0.0291. The summed E-state index contributed by atoms with van der Waals surface area (Å²) in [6.07, 6.45) is -3.33. The fraction of sp³-hybridized carbons (Fsp3) is 0.387. The lowest BCUT2D eigenvalue weighted by Crippen LogP contribution is -2.56. The standard InChI is InChI=1S/C31H30F6IN5O3S/c1-16-10-17(14-43-26(45)24(41-42-43)18-11-19(30(32,33)34)13-20(12-18)31(35,36)37)7-8-21(16)29(27(39)46)9-5-6-22(38)23(29)25(44)40-28(2,3)15-47-4/h5-13,23-24H,14-15H2,1-4H3,(H2,39,46)(H,40,44). The quantitative estimate of drug-likeness (QED) is 0.211. The van der Waals surface area contributed by atoms with Crippen LogP contribution in [0.15, 0.2) is 68.5 Å². The molecule has 1 aliphatic carbocycles. The van der Waals surface area contributed by atoms with Crippen LogP contribution in [0.25, 0.3) is 0 Å². The second kappa shape index (κ2) is 13.2. The molecule has 2 aromatic carbocycles. The van der Waals surface area contributed by atoms with Crippen LogP contribution in [0.5, 0.6) is 0 Å². The van der Waals surface area contributed by atoms with Crippen LogP contribution in [0.4, 0.5) is 26.3 Å². The molecule has 0 radical (unpaired) electrons. The Morgan fingerprint density at radius 3 is 2.21 bits per heavy atom. The minimum Gasteiger partial charge on any atom is -0.369 e. The fourth-order valence-electron chi connectivity index (χ4n) is 5.70. The summed E-state index contributed by atoms with van der Waals surface area (Å²) >= 11 is 3.56. The molecule has 8 nitrogen and oxygen atoms in total. The lowest BCUT2D eigenvalue weighted by Gasteiger charge is -2.40. The number of primary amides is 1. The monoisotopic (exact) mass is 793 g/mol. The maximum absolute atomic E-state index is 13.7. The molecule has 0 fully saturated rings. The highest BCUT2D eigenvalue weighted by atomic mass is 127. The summed E-state index contributed by atoms with van der Waals surface area (Å²) in [6, 6.07) is 3.95. The molecule has 3 atom stereocenters. The van der Waals surface area contributed by atoms with Crippen LogP contribution in [0.3, 0.4) is 0 Å². The summed E-state index contributed by atoms with van der Waals surface area (Å²) in [5.74, 6) is -2.45. The van der Waals surface area contributed by atoms with Gasteiger partial charge in [-0.2, -0.15) is 43.2 Å². The fourth-order valence-corrected chi connectivity index (χ4v) is 7.48. The summed E-state index contributed by atoms with van der Waals surface area (Å²) in [7, 11) is 0. The van der Waals surface area contributed by atoms with Gasteiger partial charge in [0.05, 0.1) is 23.6 Å². The normalized spacial score (nSPS) is 21.6. The number of nitrogens with zero attached hydrogens (tertiary/aromatic N) is 3. The van der Waals surface area contributed by atoms with Gasteiger partial charge in [-0.25, -0.2) is 5.01 Å². The van der Waals surface area contributed by atoms with E-state index in [1.807, 2.05) is 42.7 Å². The van der Waals surface area contributed by atoms with Crippen molar-refractivity contribution >= 4 is 52.1 Å². The molecule has 4 rings (SSSR count). The van der Waals surface area contributed by atoms with Crippen molar-refractivity contribution < 1.29 is 40.7 Å². The van der Waals surface area contributed by atoms with E-state index in [1.54, 1.807) is 55.1 Å². The zero-order valence-electron chi connectivity index (χ0n) is 25.5. The van der Waals surface area contributed by atoms with E-state index in [9.17, 15) is 40.7 Å². The first-order valence-electron chi connectivity index (χ1n) is 14.0. The third-order valence-corrected chi connectivity index (χ3v) is 9.73. The van der Waals surface area contributed by atoms with Crippen molar-refractivity contribution in [1.82, 2.24) is 10.3 Å². The number of hydrogen-bond donors (Lipinski definition) is 2. The Labute approximate surface area is 284 Å². The number of rotatable bonds is 9. The zero-order chi connectivity index (χ0) is 35.1. The Bertz CT molecular complexity index is 1660. The first kappa shape index (κ1) is 36.4. The topological polar surface area (TPSA) is 117 Å². The summed E-state index contributed by atoms with van der Waals surface area (Å²) in [5.41, 5.74) is 1.56. The average Bonchev–Trinajstić information content (AvgIpc) is 3.30. The number of hydrogen-bond acceptors (Lipinski definition) is 6. The summed E-state index contributed by atoms with van der Waals surface area (Å²) in [4.78, 5) is 40.1. The van der Waals surface area contributed by atoms with Crippen LogP contribution >= 0.6 is 34.4 Å². The Morgan fingerprint density at radius 1 is 1.06 bits per heavy atom. The molecule has 0 spiro atoms. The molecule has 0 saturated heterocycles. The number of carbonyl (C=O) groups excluding carboxylic acids is 3. The second-order valence-corrected chi connectivity index (χ2v) is 14.0. The predicted octanol–water partition coefficient (Wildman–Crippen LogP) is 6.97. The molecule has 2 aromatic rings. The lowest BCUT2D eigenvalue weighted by molar-refractivity contribution is -0.143. The first-order chi connectivity index (χ1) is 21.7. The van der Waals surface area contributed by atoms with Gasteiger partial charge in [-0.15, -0.1) is 0 Å². The largest absolute Gasteiger partial charge is 0.416 e. The molecule has 252 valence electrons. The van der Waals surface area contributed by atoms with Gasteiger partial charge in [0.1, 0.15) is 5.41 Å². The first-order valence-corrected chi connectivity index (χ1v) is 16.5. The smallest absolute Gasteiger partial charge is 0.369 e. The van der Waals surface area contributed by atoms with E-state index < -0.39 is 69.7 Å². The van der Waals surface area contributed by atoms with Crippen LogP contribution in [-0.4, -0.2) is 40.3 Å². The third-order valence-electron chi connectivity index (χ3n) is 7.74. The van der Waals surface area contributed by atoms with Crippen molar-refractivity contribution in [2.24, 2.45) is 22.0 Å². The molecule has 1 aliphatic heterocycles. The number of halogens is 7. The van der Waals surface area contributed by atoms with E-state index in [0.717, 1.165) is 5.01 Å². The predicted molar refractivity (Wildman–Crippen MR) is 172 cm³/mol. The van der Waals surface area contributed by atoms with Crippen molar-refractivity contribution in [2.45, 2.75) is 56.7 Å². The van der Waals surface area contributed by atoms with Crippen molar-refractivity contribution in [1.29, 1.82) is 0 Å². The van der Waals surface area contributed by atoms with Gasteiger partial charge >= 0.3 is 12.4 Å². The summed E-state index contributed by atoms with van der Waals surface area (Å²) in [5, 5.41) is 11.3. The molecular formula is C31H30F6IN5O3S. The molecule has 47 heavy (non-hydrogen) atoms. The Kier molecular flexibility index (Phi) is 10.3. The van der Waals surface area contributed by atoms with Gasteiger partial charge in [-0.3, -0.25) is 14.4 Å². The maximum atomic E-state index is 13.7. The second-order valence-electron chi connectivity index (χ2n) is 11.9. The SMILES string of the molecule is CSCC(C)(C)NC(=O)C1C(I)=CC=CC1(C(N)=O)c1ccc(CN2N=NC(c3cc(C(F)(F)F)cc(C(F)(F)F)c3)C2=O)cc1C. The highest BCUT2D eigenvalue weighted by Gasteiger charge is 2.51. The molecule has 2 aliphatic rings. The average molecular weight is 794 g/mol. The number of nitrogens with one attached hydrogen (secondary N) is 1. The molecular weight excluding hydrogens is 763 g/mol. The summed E-state index contributed by atoms with van der Waals surface area (Å²) in [6.45, 7) is 5.19. The molecule has 0 saturated carbocycles. The van der Waals surface area contributed by atoms with Crippen LogP contribution in [0.1, 0.15) is 53.3 Å². The van der Waals surface area contributed by atoms with E-state index in [-0.39, 0.29) is 12.6 Å². The van der Waals surface area contributed by atoms with Gasteiger partial charge in [0.2, 0.25) is 11.8 Å². The molecule has 0 bridgehead atoms. The molecule has 16 heteroatoms. The summed E-state index contributed by atoms with van der Waals surface area (Å²) < 4.78 is 80.9. The lowest BCUT2D eigenvalue weighted by atomic mass is 9.65. The number of carbonyl (C=O) groups is 3. The van der Waals surface area contributed by atoms with Crippen LogP contribution < -0.4 is 11.1 Å². The number of nitrogens with two attached hydrogens (primary N) is 1. The van der Waals surface area contributed by atoms with Gasteiger partial charge in [-0.05, 0) is 90.1 Å². The molecule has 3 N–H and O–H groups in total. The van der Waals surface area contributed by atoms with Crippen LogP contribution in [0.2, 0.25) is 0 Å². The molecule has 0 aromatic heterocycles. The number of thioether (sulfide) groups is 1.